The maximum atomic E-state index is 11.0. The first kappa shape index (κ1) is 19.5. The van der Waals surface area contributed by atoms with Crippen molar-refractivity contribution in [2.75, 3.05) is 0 Å². The quantitative estimate of drug-likeness (QED) is 0.591. The molecule has 1 atom stereocenters. The van der Waals surface area contributed by atoms with Crippen LogP contribution in [0.2, 0.25) is 0 Å². The van der Waals surface area contributed by atoms with Crippen molar-refractivity contribution in [2.45, 2.75) is 38.7 Å². The van der Waals surface area contributed by atoms with Gasteiger partial charge in [-0.2, -0.15) is 0 Å². The summed E-state index contributed by atoms with van der Waals surface area (Å²) in [5.41, 5.74) is 2.27. The molecule has 2 rings (SSSR count). The topological polar surface area (TPSA) is 83.8 Å². The maximum absolute atomic E-state index is 11.0. The predicted octanol–water partition coefficient (Wildman–Crippen LogP) is 4.15. The van der Waals surface area contributed by atoms with Crippen LogP contribution in [0.3, 0.4) is 0 Å². The summed E-state index contributed by atoms with van der Waals surface area (Å²) in [4.78, 5) is 21.7. The number of ether oxygens (including phenoxy) is 1. The number of carboxylic acids is 2. The van der Waals surface area contributed by atoms with Crippen LogP contribution in [0, 0.1) is 5.92 Å². The third-order valence-corrected chi connectivity index (χ3v) is 4.21. The fraction of sp³-hybridized carbons (Fsp3) is 0.333. The van der Waals surface area contributed by atoms with E-state index < -0.39 is 17.9 Å². The Kier molecular flexibility index (Phi) is 7.68. The van der Waals surface area contributed by atoms with Crippen molar-refractivity contribution < 1.29 is 24.5 Å². The van der Waals surface area contributed by atoms with Crippen LogP contribution in [-0.2, 0) is 22.6 Å². The van der Waals surface area contributed by atoms with Crippen LogP contribution < -0.4 is 4.74 Å². The summed E-state index contributed by atoms with van der Waals surface area (Å²) < 4.78 is 5.75. The molecule has 2 aromatic rings. The van der Waals surface area contributed by atoms with Crippen molar-refractivity contribution >= 4 is 11.9 Å². The molecule has 0 bridgehead atoms. The SMILES string of the molecule is O=C(O)C[C@@H](CCCCc1ccc(OCc2ccccc2)cc1)C(=O)O. The Labute approximate surface area is 153 Å². The van der Waals surface area contributed by atoms with Gasteiger partial charge in [-0.15, -0.1) is 0 Å². The van der Waals surface area contributed by atoms with Gasteiger partial charge in [0, 0.05) is 0 Å². The van der Waals surface area contributed by atoms with Crippen LogP contribution in [0.4, 0.5) is 0 Å². The number of aryl methyl sites for hydroxylation is 1. The van der Waals surface area contributed by atoms with Crippen LogP contribution in [0.5, 0.6) is 5.75 Å². The molecule has 2 aromatic carbocycles. The molecule has 0 heterocycles. The highest BCUT2D eigenvalue weighted by Gasteiger charge is 2.20. The lowest BCUT2D eigenvalue weighted by molar-refractivity contribution is -0.148. The highest BCUT2D eigenvalue weighted by Crippen LogP contribution is 2.18. The van der Waals surface area contributed by atoms with Crippen LogP contribution in [0.1, 0.15) is 36.8 Å². The van der Waals surface area contributed by atoms with Crippen LogP contribution in [0.15, 0.2) is 54.6 Å². The van der Waals surface area contributed by atoms with E-state index in [1.807, 2.05) is 54.6 Å². The Bertz CT molecular complexity index is 694. The van der Waals surface area contributed by atoms with E-state index in [1.165, 1.54) is 0 Å². The van der Waals surface area contributed by atoms with Gasteiger partial charge in [0.05, 0.1) is 12.3 Å². The van der Waals surface area contributed by atoms with Gasteiger partial charge in [0.15, 0.2) is 0 Å². The summed E-state index contributed by atoms with van der Waals surface area (Å²) in [5, 5.41) is 17.8. The Balaban J connectivity index is 1.71. The lowest BCUT2D eigenvalue weighted by Gasteiger charge is -2.10. The zero-order chi connectivity index (χ0) is 18.8. The third kappa shape index (κ3) is 6.97. The molecule has 0 saturated heterocycles. The maximum Gasteiger partial charge on any atom is 0.307 e. The van der Waals surface area contributed by atoms with Gasteiger partial charge in [0.2, 0.25) is 0 Å². The number of carbonyl (C=O) groups is 2. The minimum Gasteiger partial charge on any atom is -0.489 e. The predicted molar refractivity (Wildman–Crippen MR) is 98.1 cm³/mol. The average Bonchev–Trinajstić information content (AvgIpc) is 2.64. The molecule has 0 amide bonds. The Morgan fingerprint density at radius 3 is 2.19 bits per heavy atom. The number of aliphatic carboxylic acids is 2. The highest BCUT2D eigenvalue weighted by molar-refractivity contribution is 5.77. The van der Waals surface area contributed by atoms with Gasteiger partial charge < -0.3 is 14.9 Å². The first-order valence-corrected chi connectivity index (χ1v) is 8.75. The molecule has 0 radical (unpaired) electrons. The van der Waals surface area contributed by atoms with Gasteiger partial charge in [0.25, 0.3) is 0 Å². The summed E-state index contributed by atoms with van der Waals surface area (Å²) in [5.74, 6) is -2.10. The number of benzene rings is 2. The fourth-order valence-corrected chi connectivity index (χ4v) is 2.74. The van der Waals surface area contributed by atoms with Crippen molar-refractivity contribution in [1.82, 2.24) is 0 Å². The van der Waals surface area contributed by atoms with Gasteiger partial charge in [-0.25, -0.2) is 0 Å². The summed E-state index contributed by atoms with van der Waals surface area (Å²) in [7, 11) is 0. The average molecular weight is 356 g/mol. The summed E-state index contributed by atoms with van der Waals surface area (Å²) in [6.45, 7) is 0.528. The lowest BCUT2D eigenvalue weighted by atomic mass is 9.97. The standard InChI is InChI=1S/C21H24O5/c22-20(23)14-18(21(24)25)9-5-4-6-16-10-12-19(13-11-16)26-15-17-7-2-1-3-8-17/h1-3,7-8,10-13,18H,4-6,9,14-15H2,(H,22,23)(H,24,25)/t18-/m1/s1. The molecular formula is C21H24O5. The van der Waals surface area contributed by atoms with E-state index in [-0.39, 0.29) is 6.42 Å². The molecule has 0 aliphatic heterocycles. The van der Waals surface area contributed by atoms with Crippen LogP contribution in [0.25, 0.3) is 0 Å². The first-order valence-electron chi connectivity index (χ1n) is 8.75. The molecule has 138 valence electrons. The van der Waals surface area contributed by atoms with E-state index in [4.69, 9.17) is 14.9 Å². The van der Waals surface area contributed by atoms with E-state index in [0.717, 1.165) is 29.7 Å². The number of rotatable bonds is 11. The van der Waals surface area contributed by atoms with Gasteiger partial charge in [-0.1, -0.05) is 48.9 Å². The number of carboxylic acid groups (broad SMARTS) is 2. The number of hydrogen-bond acceptors (Lipinski definition) is 3. The summed E-state index contributed by atoms with van der Waals surface area (Å²) in [6.07, 6.45) is 2.42. The van der Waals surface area contributed by atoms with Crippen LogP contribution in [-0.4, -0.2) is 22.2 Å². The third-order valence-electron chi connectivity index (χ3n) is 4.21. The van der Waals surface area contributed by atoms with Crippen molar-refractivity contribution in [3.8, 4) is 5.75 Å². The second-order valence-electron chi connectivity index (χ2n) is 6.30. The molecule has 0 aliphatic carbocycles. The molecule has 0 spiro atoms. The van der Waals surface area contributed by atoms with E-state index in [1.54, 1.807) is 0 Å². The zero-order valence-electron chi connectivity index (χ0n) is 14.6. The molecule has 0 aliphatic rings. The lowest BCUT2D eigenvalue weighted by Crippen LogP contribution is -2.17. The Morgan fingerprint density at radius 2 is 1.58 bits per heavy atom. The number of hydrogen-bond donors (Lipinski definition) is 2. The molecular weight excluding hydrogens is 332 g/mol. The van der Waals surface area contributed by atoms with E-state index in [2.05, 4.69) is 0 Å². The smallest absolute Gasteiger partial charge is 0.307 e. The van der Waals surface area contributed by atoms with Crippen molar-refractivity contribution in [3.05, 3.63) is 65.7 Å². The van der Waals surface area contributed by atoms with Gasteiger partial charge in [-0.05, 0) is 42.5 Å². The Hall–Kier alpha value is -2.82. The second kappa shape index (κ2) is 10.2. The molecule has 0 fully saturated rings. The van der Waals surface area contributed by atoms with E-state index in [0.29, 0.717) is 19.4 Å². The molecule has 0 unspecified atom stereocenters. The molecule has 26 heavy (non-hydrogen) atoms. The molecule has 0 aromatic heterocycles. The zero-order valence-corrected chi connectivity index (χ0v) is 14.6. The first-order chi connectivity index (χ1) is 12.5. The van der Waals surface area contributed by atoms with Gasteiger partial charge in [0.1, 0.15) is 12.4 Å². The fourth-order valence-electron chi connectivity index (χ4n) is 2.74. The summed E-state index contributed by atoms with van der Waals surface area (Å²) in [6, 6.07) is 17.8. The van der Waals surface area contributed by atoms with E-state index >= 15 is 0 Å². The Morgan fingerprint density at radius 1 is 0.885 bits per heavy atom. The van der Waals surface area contributed by atoms with Crippen molar-refractivity contribution in [3.63, 3.8) is 0 Å². The van der Waals surface area contributed by atoms with Crippen molar-refractivity contribution in [1.29, 1.82) is 0 Å². The monoisotopic (exact) mass is 356 g/mol. The largest absolute Gasteiger partial charge is 0.489 e. The van der Waals surface area contributed by atoms with Gasteiger partial charge >= 0.3 is 11.9 Å². The van der Waals surface area contributed by atoms with Crippen molar-refractivity contribution in [2.24, 2.45) is 5.92 Å². The highest BCUT2D eigenvalue weighted by atomic mass is 16.5. The normalized spacial score (nSPS) is 11.7. The van der Waals surface area contributed by atoms with E-state index in [9.17, 15) is 9.59 Å². The number of unbranched alkanes of at least 4 members (excludes halogenated alkanes) is 1. The van der Waals surface area contributed by atoms with Crippen LogP contribution >= 0.6 is 0 Å². The minimum absolute atomic E-state index is 0.317. The molecule has 5 heteroatoms. The second-order valence-corrected chi connectivity index (χ2v) is 6.30. The molecule has 2 N–H and O–H groups in total. The summed E-state index contributed by atoms with van der Waals surface area (Å²) >= 11 is 0. The molecule has 0 saturated carbocycles. The minimum atomic E-state index is -1.07. The molecule has 5 nitrogen and oxygen atoms in total. The van der Waals surface area contributed by atoms with Gasteiger partial charge in [-0.3, -0.25) is 9.59 Å².